The highest BCUT2D eigenvalue weighted by Gasteiger charge is 2.29. The summed E-state index contributed by atoms with van der Waals surface area (Å²) in [4.78, 5) is 0. The van der Waals surface area contributed by atoms with Crippen LogP contribution in [0.2, 0.25) is 0 Å². The number of aryl methyl sites for hydroxylation is 4. The number of unbranched alkanes of at least 4 members (excludes halogenated alkanes) is 9. The van der Waals surface area contributed by atoms with E-state index in [9.17, 15) is 5.53 Å². The Balaban J connectivity index is 1.99. The van der Waals surface area contributed by atoms with E-state index in [0.717, 1.165) is 56.3 Å². The fourth-order valence-corrected chi connectivity index (χ4v) is 6.28. The smallest absolute Gasteiger partial charge is 0.210 e. The van der Waals surface area contributed by atoms with Crippen molar-refractivity contribution in [2.45, 2.75) is 157 Å². The predicted octanol–water partition coefficient (Wildman–Crippen LogP) is 12.6. The summed E-state index contributed by atoms with van der Waals surface area (Å²) >= 11 is 0. The van der Waals surface area contributed by atoms with Crippen LogP contribution in [0.15, 0.2) is 48.0 Å². The first-order valence-electron chi connectivity index (χ1n) is 17.7. The SMILES string of the molecule is CCCCCCc1cc(CCCCCC)cc(C2=CC(CCCC)=C(c3cc(CCCC)cc(CCCC)c3)[N+]2=[N-])c1. The third-order valence-corrected chi connectivity index (χ3v) is 8.81. The molecule has 0 spiro atoms. The zero-order valence-corrected chi connectivity index (χ0v) is 27.9. The van der Waals surface area contributed by atoms with E-state index < -0.39 is 0 Å². The molecule has 230 valence electrons. The molecule has 0 N–H and O–H groups in total. The molecule has 0 unspecified atom stereocenters. The van der Waals surface area contributed by atoms with Gasteiger partial charge in [-0.1, -0.05) is 105 Å². The van der Waals surface area contributed by atoms with Crippen LogP contribution in [0, 0.1) is 0 Å². The van der Waals surface area contributed by atoms with E-state index in [-0.39, 0.29) is 0 Å². The van der Waals surface area contributed by atoms with Crippen LogP contribution in [-0.2, 0) is 25.7 Å². The van der Waals surface area contributed by atoms with Crippen LogP contribution in [0.1, 0.15) is 164 Å². The quantitative estimate of drug-likeness (QED) is 0.106. The Morgan fingerprint density at radius 3 is 1.31 bits per heavy atom. The molecule has 2 aromatic carbocycles. The first-order valence-corrected chi connectivity index (χ1v) is 17.7. The summed E-state index contributed by atoms with van der Waals surface area (Å²) in [6, 6.07) is 14.3. The number of allylic oxidation sites excluding steroid dienone is 2. The fraction of sp³-hybridized carbons (Fsp3) is 0.600. The highest BCUT2D eigenvalue weighted by Crippen LogP contribution is 2.39. The average molecular weight is 569 g/mol. The summed E-state index contributed by atoms with van der Waals surface area (Å²) in [5.74, 6) is 0. The maximum atomic E-state index is 11.9. The lowest BCUT2D eigenvalue weighted by molar-refractivity contribution is -0.344. The molecule has 42 heavy (non-hydrogen) atoms. The van der Waals surface area contributed by atoms with Crippen LogP contribution in [0.5, 0.6) is 0 Å². The molecule has 0 saturated carbocycles. The van der Waals surface area contributed by atoms with E-state index in [1.165, 1.54) is 116 Å². The first kappa shape index (κ1) is 34.0. The molecule has 0 amide bonds. The van der Waals surface area contributed by atoms with Gasteiger partial charge in [0.2, 0.25) is 11.4 Å². The van der Waals surface area contributed by atoms with Gasteiger partial charge in [-0.3, -0.25) is 0 Å². The molecule has 0 aliphatic carbocycles. The topological polar surface area (TPSA) is 25.3 Å². The number of hydrogen-bond donors (Lipinski definition) is 0. The van der Waals surface area contributed by atoms with Gasteiger partial charge in [-0.25, -0.2) is 4.70 Å². The lowest BCUT2D eigenvalue weighted by Gasteiger charge is -2.14. The van der Waals surface area contributed by atoms with Crippen LogP contribution in [0.3, 0.4) is 0 Å². The van der Waals surface area contributed by atoms with Gasteiger partial charge in [0.25, 0.3) is 0 Å². The minimum Gasteiger partial charge on any atom is -0.493 e. The van der Waals surface area contributed by atoms with Crippen molar-refractivity contribution in [3.05, 3.63) is 87.0 Å². The Morgan fingerprint density at radius 2 is 0.857 bits per heavy atom. The van der Waals surface area contributed by atoms with E-state index in [2.05, 4.69) is 77.1 Å². The van der Waals surface area contributed by atoms with Crippen molar-refractivity contribution in [1.82, 2.24) is 0 Å². The molecule has 0 bridgehead atoms. The molecule has 0 aromatic heterocycles. The van der Waals surface area contributed by atoms with E-state index in [0.29, 0.717) is 0 Å². The Morgan fingerprint density at radius 1 is 0.452 bits per heavy atom. The van der Waals surface area contributed by atoms with Gasteiger partial charge in [0.05, 0.1) is 0 Å². The minimum absolute atomic E-state index is 0.954. The van der Waals surface area contributed by atoms with Crippen molar-refractivity contribution in [3.63, 3.8) is 0 Å². The molecule has 1 heterocycles. The van der Waals surface area contributed by atoms with E-state index in [4.69, 9.17) is 0 Å². The van der Waals surface area contributed by atoms with E-state index >= 15 is 0 Å². The molecule has 2 aromatic rings. The van der Waals surface area contributed by atoms with Gasteiger partial charge in [-0.05, 0) is 111 Å². The molecule has 0 fully saturated rings. The number of nitrogens with zero attached hydrogens (tertiary/aromatic N) is 2. The zero-order valence-electron chi connectivity index (χ0n) is 27.9. The maximum absolute atomic E-state index is 11.9. The lowest BCUT2D eigenvalue weighted by atomic mass is 9.95. The molecular formula is C40H60N2. The van der Waals surface area contributed by atoms with Crippen molar-refractivity contribution in [3.8, 4) is 0 Å². The first-order chi connectivity index (χ1) is 20.5. The second-order valence-corrected chi connectivity index (χ2v) is 12.7. The number of benzene rings is 2. The largest absolute Gasteiger partial charge is 0.493 e. The van der Waals surface area contributed by atoms with Crippen LogP contribution >= 0.6 is 0 Å². The normalized spacial score (nSPS) is 13.4. The third kappa shape index (κ3) is 10.4. The van der Waals surface area contributed by atoms with Gasteiger partial charge in [-0.2, -0.15) is 0 Å². The molecule has 1 aliphatic rings. The average Bonchev–Trinajstić information content (AvgIpc) is 3.33. The van der Waals surface area contributed by atoms with Crippen molar-refractivity contribution in [2.24, 2.45) is 0 Å². The molecule has 0 saturated heterocycles. The standard InChI is InChI=1S/C40H60N2/c1-6-11-16-18-22-34-26-35(23-19-17-12-7-2)28-37(27-34)39-31-36(24-15-10-5)40(42(39)41)38-29-32(20-13-8-3)25-33(30-38)21-14-9-4/h25-31H,6-24H2,1-5H3. The van der Waals surface area contributed by atoms with Gasteiger partial charge in [0, 0.05) is 22.8 Å². The van der Waals surface area contributed by atoms with Crippen molar-refractivity contribution >= 4 is 11.4 Å². The minimum atomic E-state index is 0.954. The van der Waals surface area contributed by atoms with Crippen LogP contribution < -0.4 is 0 Å². The highest BCUT2D eigenvalue weighted by molar-refractivity contribution is 5.79. The Hall–Kier alpha value is -2.48. The van der Waals surface area contributed by atoms with Gasteiger partial charge >= 0.3 is 0 Å². The Labute approximate surface area is 259 Å². The molecular weight excluding hydrogens is 508 g/mol. The summed E-state index contributed by atoms with van der Waals surface area (Å²) in [5.41, 5.74) is 23.2. The third-order valence-electron chi connectivity index (χ3n) is 8.81. The Kier molecular flexibility index (Phi) is 15.3. The summed E-state index contributed by atoms with van der Waals surface area (Å²) in [6.45, 7) is 11.4. The summed E-state index contributed by atoms with van der Waals surface area (Å²) < 4.78 is 1.55. The van der Waals surface area contributed by atoms with Crippen molar-refractivity contribution in [2.75, 3.05) is 0 Å². The van der Waals surface area contributed by atoms with Gasteiger partial charge in [0.1, 0.15) is 0 Å². The number of rotatable bonds is 21. The van der Waals surface area contributed by atoms with Crippen LogP contribution in [0.4, 0.5) is 0 Å². The molecule has 0 atom stereocenters. The van der Waals surface area contributed by atoms with E-state index in [1.54, 1.807) is 4.70 Å². The van der Waals surface area contributed by atoms with Crippen LogP contribution in [0.25, 0.3) is 16.9 Å². The second kappa shape index (κ2) is 18.9. The molecule has 2 nitrogen and oxygen atoms in total. The lowest BCUT2D eigenvalue weighted by Crippen LogP contribution is -2.05. The highest BCUT2D eigenvalue weighted by atomic mass is 15.2. The fourth-order valence-electron chi connectivity index (χ4n) is 6.28. The molecule has 2 heteroatoms. The molecule has 0 radical (unpaired) electrons. The maximum Gasteiger partial charge on any atom is 0.210 e. The van der Waals surface area contributed by atoms with Gasteiger partial charge in [0.15, 0.2) is 0 Å². The van der Waals surface area contributed by atoms with Crippen molar-refractivity contribution in [1.29, 1.82) is 0 Å². The predicted molar refractivity (Wildman–Crippen MR) is 184 cm³/mol. The second-order valence-electron chi connectivity index (χ2n) is 12.7. The molecule has 3 rings (SSSR count). The zero-order chi connectivity index (χ0) is 30.2. The molecule has 1 aliphatic heterocycles. The number of hydrogen-bond acceptors (Lipinski definition) is 0. The monoisotopic (exact) mass is 568 g/mol. The van der Waals surface area contributed by atoms with Crippen LogP contribution in [-0.4, -0.2) is 4.70 Å². The summed E-state index contributed by atoms with van der Waals surface area (Å²) in [6.07, 6.45) is 25.1. The van der Waals surface area contributed by atoms with Crippen molar-refractivity contribution < 1.29 is 4.70 Å². The van der Waals surface area contributed by atoms with E-state index in [1.807, 2.05) is 0 Å². The summed E-state index contributed by atoms with van der Waals surface area (Å²) in [7, 11) is 0. The van der Waals surface area contributed by atoms with Gasteiger partial charge < -0.3 is 5.53 Å². The van der Waals surface area contributed by atoms with Gasteiger partial charge in [-0.15, -0.1) is 0 Å². The summed E-state index contributed by atoms with van der Waals surface area (Å²) in [5, 5.41) is 0. The Bertz CT molecular complexity index is 1130.